The average molecular weight is 252 g/mol. The van der Waals surface area contributed by atoms with Crippen molar-refractivity contribution >= 4 is 5.78 Å². The molecule has 1 aliphatic rings. The zero-order valence-electron chi connectivity index (χ0n) is 11.0. The molecular formula is C17H16O2. The lowest BCUT2D eigenvalue weighted by Gasteiger charge is -2.07. The van der Waals surface area contributed by atoms with Gasteiger partial charge in [0.2, 0.25) is 0 Å². The van der Waals surface area contributed by atoms with Gasteiger partial charge in [-0.3, -0.25) is 4.79 Å². The summed E-state index contributed by atoms with van der Waals surface area (Å²) in [5.74, 6) is 0.919. The second kappa shape index (κ2) is 4.88. The first kappa shape index (κ1) is 12.0. The predicted octanol–water partition coefficient (Wildman–Crippen LogP) is 3.36. The molecule has 0 fully saturated rings. The Labute approximate surface area is 113 Å². The average Bonchev–Trinajstić information content (AvgIpc) is 2.89. The van der Waals surface area contributed by atoms with E-state index in [1.807, 2.05) is 49.4 Å². The first-order chi connectivity index (χ1) is 9.24. The van der Waals surface area contributed by atoms with Crippen LogP contribution < -0.4 is 4.74 Å². The van der Waals surface area contributed by atoms with Gasteiger partial charge in [0.1, 0.15) is 5.75 Å². The van der Waals surface area contributed by atoms with Crippen molar-refractivity contribution in [2.75, 3.05) is 6.61 Å². The summed E-state index contributed by atoms with van der Waals surface area (Å²) in [7, 11) is 0. The molecule has 0 spiro atoms. The maximum absolute atomic E-state index is 12.4. The molecule has 0 saturated carbocycles. The van der Waals surface area contributed by atoms with Crippen molar-refractivity contribution in [3.8, 4) is 5.75 Å². The number of hydrogen-bond donors (Lipinski definition) is 0. The second-order valence-electron chi connectivity index (χ2n) is 4.98. The quantitative estimate of drug-likeness (QED) is 0.783. The van der Waals surface area contributed by atoms with E-state index in [1.165, 1.54) is 5.56 Å². The van der Waals surface area contributed by atoms with Crippen LogP contribution in [-0.4, -0.2) is 12.4 Å². The molecule has 0 aromatic heterocycles. The predicted molar refractivity (Wildman–Crippen MR) is 74.9 cm³/mol. The van der Waals surface area contributed by atoms with E-state index >= 15 is 0 Å². The summed E-state index contributed by atoms with van der Waals surface area (Å²) in [5, 5.41) is 0. The first-order valence-corrected chi connectivity index (χ1v) is 6.57. The molecule has 0 saturated heterocycles. The molecule has 0 bridgehead atoms. The SMILES string of the molecule is Cc1ccc(CC(=O)c2cccc3c2OCC3)cc1. The van der Waals surface area contributed by atoms with Crippen molar-refractivity contribution in [3.05, 3.63) is 64.7 Å². The van der Waals surface area contributed by atoms with Crippen LogP contribution in [0.1, 0.15) is 27.0 Å². The molecule has 2 aromatic carbocycles. The van der Waals surface area contributed by atoms with Gasteiger partial charge < -0.3 is 4.74 Å². The highest BCUT2D eigenvalue weighted by Gasteiger charge is 2.20. The van der Waals surface area contributed by atoms with Gasteiger partial charge in [0.25, 0.3) is 0 Å². The van der Waals surface area contributed by atoms with Crippen LogP contribution in [-0.2, 0) is 12.8 Å². The van der Waals surface area contributed by atoms with E-state index in [-0.39, 0.29) is 5.78 Å². The second-order valence-corrected chi connectivity index (χ2v) is 4.98. The van der Waals surface area contributed by atoms with E-state index in [2.05, 4.69) is 0 Å². The molecule has 0 N–H and O–H groups in total. The van der Waals surface area contributed by atoms with Gasteiger partial charge in [-0.25, -0.2) is 0 Å². The van der Waals surface area contributed by atoms with Gasteiger partial charge in [-0.2, -0.15) is 0 Å². The zero-order chi connectivity index (χ0) is 13.2. The number of carbonyl (C=O) groups excluding carboxylic acids is 1. The Morgan fingerprint density at radius 2 is 1.95 bits per heavy atom. The van der Waals surface area contributed by atoms with E-state index in [4.69, 9.17) is 4.74 Å². The van der Waals surface area contributed by atoms with Gasteiger partial charge >= 0.3 is 0 Å². The number of carbonyl (C=O) groups is 1. The monoisotopic (exact) mass is 252 g/mol. The van der Waals surface area contributed by atoms with Gasteiger partial charge in [-0.05, 0) is 24.1 Å². The van der Waals surface area contributed by atoms with E-state index in [9.17, 15) is 4.79 Å². The molecule has 0 atom stereocenters. The number of rotatable bonds is 3. The maximum atomic E-state index is 12.4. The standard InChI is InChI=1S/C17H16O2/c1-12-5-7-13(8-6-12)11-16(18)15-4-2-3-14-9-10-19-17(14)15/h2-8H,9-11H2,1H3. The normalized spacial score (nSPS) is 12.9. The lowest BCUT2D eigenvalue weighted by Crippen LogP contribution is -2.05. The molecule has 19 heavy (non-hydrogen) atoms. The highest BCUT2D eigenvalue weighted by atomic mass is 16.5. The number of aryl methyl sites for hydroxylation is 1. The van der Waals surface area contributed by atoms with Crippen LogP contribution in [0.2, 0.25) is 0 Å². The summed E-state index contributed by atoms with van der Waals surface area (Å²) in [6.07, 6.45) is 1.33. The smallest absolute Gasteiger partial charge is 0.170 e. The van der Waals surface area contributed by atoms with Gasteiger partial charge in [-0.15, -0.1) is 0 Å². The van der Waals surface area contributed by atoms with Gasteiger partial charge in [0, 0.05) is 12.8 Å². The molecule has 96 valence electrons. The van der Waals surface area contributed by atoms with Crippen LogP contribution in [0.15, 0.2) is 42.5 Å². The van der Waals surface area contributed by atoms with Gasteiger partial charge in [-0.1, -0.05) is 42.0 Å². The van der Waals surface area contributed by atoms with Crippen molar-refractivity contribution in [3.63, 3.8) is 0 Å². The van der Waals surface area contributed by atoms with Crippen LogP contribution in [0.3, 0.4) is 0 Å². The highest BCUT2D eigenvalue weighted by Crippen LogP contribution is 2.30. The number of benzene rings is 2. The summed E-state index contributed by atoms with van der Waals surface area (Å²) in [6, 6.07) is 13.9. The van der Waals surface area contributed by atoms with E-state index in [0.717, 1.165) is 28.9 Å². The minimum absolute atomic E-state index is 0.127. The number of ether oxygens (including phenoxy) is 1. The molecular weight excluding hydrogens is 236 g/mol. The Bertz CT molecular complexity index is 612. The van der Waals surface area contributed by atoms with Crippen LogP contribution in [0.5, 0.6) is 5.75 Å². The molecule has 1 heterocycles. The van der Waals surface area contributed by atoms with Crippen molar-refractivity contribution in [2.45, 2.75) is 19.8 Å². The van der Waals surface area contributed by atoms with Gasteiger partial charge in [0.15, 0.2) is 5.78 Å². The fraction of sp³-hybridized carbons (Fsp3) is 0.235. The Hall–Kier alpha value is -2.09. The van der Waals surface area contributed by atoms with Crippen LogP contribution >= 0.6 is 0 Å². The van der Waals surface area contributed by atoms with E-state index < -0.39 is 0 Å². The Morgan fingerprint density at radius 3 is 2.74 bits per heavy atom. The molecule has 0 radical (unpaired) electrons. The molecule has 0 aliphatic carbocycles. The number of fused-ring (bicyclic) bond motifs is 1. The first-order valence-electron chi connectivity index (χ1n) is 6.57. The largest absolute Gasteiger partial charge is 0.492 e. The molecule has 3 rings (SSSR count). The highest BCUT2D eigenvalue weighted by molar-refractivity contribution is 6.00. The molecule has 2 heteroatoms. The Kier molecular flexibility index (Phi) is 3.08. The number of hydrogen-bond acceptors (Lipinski definition) is 2. The fourth-order valence-electron chi connectivity index (χ4n) is 2.42. The summed E-state index contributed by atoms with van der Waals surface area (Å²) in [4.78, 5) is 12.4. The topological polar surface area (TPSA) is 26.3 Å². The van der Waals surface area contributed by atoms with Crippen LogP contribution in [0.25, 0.3) is 0 Å². The number of ketones is 1. The van der Waals surface area contributed by atoms with Crippen molar-refractivity contribution < 1.29 is 9.53 Å². The Balaban J connectivity index is 1.85. The number of Topliss-reactive ketones (excluding diaryl/α,β-unsaturated/α-hetero) is 1. The summed E-state index contributed by atoms with van der Waals surface area (Å²) < 4.78 is 5.59. The lowest BCUT2D eigenvalue weighted by atomic mass is 9.99. The third-order valence-electron chi connectivity index (χ3n) is 3.50. The third-order valence-corrected chi connectivity index (χ3v) is 3.50. The van der Waals surface area contributed by atoms with Gasteiger partial charge in [0.05, 0.1) is 12.2 Å². The van der Waals surface area contributed by atoms with Crippen molar-refractivity contribution in [1.29, 1.82) is 0 Å². The minimum atomic E-state index is 0.127. The summed E-state index contributed by atoms with van der Waals surface area (Å²) in [5.41, 5.74) is 4.12. The van der Waals surface area contributed by atoms with Crippen LogP contribution in [0.4, 0.5) is 0 Å². The molecule has 2 aromatic rings. The molecule has 1 aliphatic heterocycles. The Morgan fingerprint density at radius 1 is 1.16 bits per heavy atom. The summed E-state index contributed by atoms with van der Waals surface area (Å²) in [6.45, 7) is 2.73. The minimum Gasteiger partial charge on any atom is -0.492 e. The summed E-state index contributed by atoms with van der Waals surface area (Å²) >= 11 is 0. The lowest BCUT2D eigenvalue weighted by molar-refractivity contribution is 0.0990. The van der Waals surface area contributed by atoms with E-state index in [0.29, 0.717) is 13.0 Å². The van der Waals surface area contributed by atoms with E-state index in [1.54, 1.807) is 0 Å². The molecule has 0 unspecified atom stereocenters. The zero-order valence-corrected chi connectivity index (χ0v) is 11.0. The maximum Gasteiger partial charge on any atom is 0.170 e. The molecule has 0 amide bonds. The molecule has 2 nitrogen and oxygen atoms in total. The third kappa shape index (κ3) is 2.39. The number of para-hydroxylation sites is 1. The van der Waals surface area contributed by atoms with Crippen LogP contribution in [0, 0.1) is 6.92 Å². The fourth-order valence-corrected chi connectivity index (χ4v) is 2.42. The van der Waals surface area contributed by atoms with Crippen molar-refractivity contribution in [2.24, 2.45) is 0 Å². The van der Waals surface area contributed by atoms with Crippen molar-refractivity contribution in [1.82, 2.24) is 0 Å².